The van der Waals surface area contributed by atoms with Crippen LogP contribution in [0.1, 0.15) is 5.56 Å². The van der Waals surface area contributed by atoms with Crippen LogP contribution in [0.2, 0.25) is 0 Å². The molecule has 1 heterocycles. The maximum Gasteiger partial charge on any atom is 0.270 e. The van der Waals surface area contributed by atoms with Crippen LogP contribution >= 0.6 is 0 Å². The van der Waals surface area contributed by atoms with Gasteiger partial charge < -0.3 is 5.32 Å². The highest BCUT2D eigenvalue weighted by atomic mass is 32.2. The highest BCUT2D eigenvalue weighted by Gasteiger charge is 2.12. The van der Waals surface area contributed by atoms with E-state index < -0.39 is 15.9 Å². The van der Waals surface area contributed by atoms with Crippen molar-refractivity contribution in [3.63, 3.8) is 0 Å². The first-order valence-electron chi connectivity index (χ1n) is 4.58. The largest absolute Gasteiger partial charge is 0.356 e. The molecule has 1 aliphatic heterocycles. The lowest BCUT2D eigenvalue weighted by molar-refractivity contribution is 0.486. The van der Waals surface area contributed by atoms with Gasteiger partial charge in [0.05, 0.1) is 5.70 Å². The number of rotatable bonds is 2. The molecule has 2 N–H and O–H groups in total. The monoisotopic (exact) mass is 238 g/mol. The summed E-state index contributed by atoms with van der Waals surface area (Å²) in [4.78, 5) is 3.95. The minimum Gasteiger partial charge on any atom is -0.356 e. The maximum atomic E-state index is 10.7. The van der Waals surface area contributed by atoms with Gasteiger partial charge in [-0.3, -0.25) is 9.55 Å². The van der Waals surface area contributed by atoms with E-state index in [0.717, 1.165) is 11.3 Å². The molecular weight excluding hydrogens is 228 g/mol. The number of para-hydroxylation sites is 1. The smallest absolute Gasteiger partial charge is 0.270 e. The third-order valence-electron chi connectivity index (χ3n) is 2.04. The van der Waals surface area contributed by atoms with Crippen LogP contribution in [0.15, 0.2) is 41.2 Å². The van der Waals surface area contributed by atoms with Crippen LogP contribution in [-0.2, 0) is 10.1 Å². The highest BCUT2D eigenvalue weighted by molar-refractivity contribution is 7.86. The molecule has 0 spiro atoms. The molecule has 84 valence electrons. The van der Waals surface area contributed by atoms with Gasteiger partial charge in [-0.1, -0.05) is 18.2 Å². The average molecular weight is 238 g/mol. The van der Waals surface area contributed by atoms with Crippen LogP contribution in [0.25, 0.3) is 0 Å². The Bertz CT molecular complexity index is 561. The summed E-state index contributed by atoms with van der Waals surface area (Å²) < 4.78 is 30.2. The van der Waals surface area contributed by atoms with Crippen molar-refractivity contribution in [2.24, 2.45) is 4.99 Å². The molecule has 0 aliphatic carbocycles. The second-order valence-electron chi connectivity index (χ2n) is 3.37. The molecule has 0 fully saturated rings. The van der Waals surface area contributed by atoms with E-state index in [-0.39, 0.29) is 0 Å². The van der Waals surface area contributed by atoms with E-state index in [9.17, 15) is 8.42 Å². The molecule has 0 atom stereocenters. The van der Waals surface area contributed by atoms with Crippen molar-refractivity contribution >= 4 is 22.0 Å². The number of benzene rings is 1. The molecule has 0 saturated carbocycles. The van der Waals surface area contributed by atoms with Crippen molar-refractivity contribution in [3.8, 4) is 0 Å². The van der Waals surface area contributed by atoms with Crippen molar-refractivity contribution < 1.29 is 13.0 Å². The van der Waals surface area contributed by atoms with Gasteiger partial charge in [0.25, 0.3) is 10.1 Å². The number of hydrogen-bond acceptors (Lipinski definition) is 4. The maximum absolute atomic E-state index is 10.7. The molecule has 0 aromatic heterocycles. The number of hydrogen-bond donors (Lipinski definition) is 2. The van der Waals surface area contributed by atoms with E-state index in [4.69, 9.17) is 4.55 Å². The van der Waals surface area contributed by atoms with E-state index in [1.54, 1.807) is 6.21 Å². The zero-order chi connectivity index (χ0) is 11.6. The van der Waals surface area contributed by atoms with Gasteiger partial charge in [0.1, 0.15) is 5.75 Å². The second-order valence-corrected chi connectivity index (χ2v) is 4.82. The molecule has 1 aromatic carbocycles. The van der Waals surface area contributed by atoms with E-state index >= 15 is 0 Å². The normalized spacial score (nSPS) is 14.7. The van der Waals surface area contributed by atoms with E-state index in [2.05, 4.69) is 10.3 Å². The average Bonchev–Trinajstić information content (AvgIpc) is 2.36. The predicted molar refractivity (Wildman–Crippen MR) is 62.2 cm³/mol. The van der Waals surface area contributed by atoms with Gasteiger partial charge in [-0.25, -0.2) is 0 Å². The Morgan fingerprint density at radius 2 is 2.06 bits per heavy atom. The van der Waals surface area contributed by atoms with Gasteiger partial charge in [0.15, 0.2) is 0 Å². The lowest BCUT2D eigenvalue weighted by Crippen LogP contribution is -2.12. The van der Waals surface area contributed by atoms with E-state index in [0.29, 0.717) is 5.70 Å². The Hall–Kier alpha value is -1.66. The fraction of sp³-hybridized carbons (Fsp3) is 0.100. The summed E-state index contributed by atoms with van der Waals surface area (Å²) >= 11 is 0. The Morgan fingerprint density at radius 1 is 1.31 bits per heavy atom. The van der Waals surface area contributed by atoms with Gasteiger partial charge in [0.2, 0.25) is 0 Å². The summed E-state index contributed by atoms with van der Waals surface area (Å²) in [5.41, 5.74) is 1.96. The lowest BCUT2D eigenvalue weighted by Gasteiger charge is -2.08. The van der Waals surface area contributed by atoms with Crippen molar-refractivity contribution in [3.05, 3.63) is 41.7 Å². The fourth-order valence-corrected chi connectivity index (χ4v) is 1.95. The Morgan fingerprint density at radius 3 is 2.81 bits per heavy atom. The van der Waals surface area contributed by atoms with Crippen LogP contribution in [0.5, 0.6) is 0 Å². The number of nitrogens with zero attached hydrogens (tertiary/aromatic N) is 1. The van der Waals surface area contributed by atoms with E-state index in [1.165, 1.54) is 6.20 Å². The van der Waals surface area contributed by atoms with Crippen molar-refractivity contribution in [2.45, 2.75) is 0 Å². The van der Waals surface area contributed by atoms with Crippen LogP contribution in [0, 0.1) is 0 Å². The molecule has 0 radical (unpaired) electrons. The summed E-state index contributed by atoms with van der Waals surface area (Å²) in [5.74, 6) is -0.474. The first-order chi connectivity index (χ1) is 7.54. The molecule has 0 bridgehead atoms. The lowest BCUT2D eigenvalue weighted by atomic mass is 10.2. The zero-order valence-corrected chi connectivity index (χ0v) is 9.11. The second kappa shape index (κ2) is 4.07. The van der Waals surface area contributed by atoms with Crippen molar-refractivity contribution in [2.75, 3.05) is 11.1 Å². The SMILES string of the molecule is O=S(=O)(O)CC1=CN=Cc2ccccc2N1. The van der Waals surface area contributed by atoms with E-state index in [1.807, 2.05) is 24.3 Å². The standard InChI is InChI=1S/C10H10N2O3S/c13-16(14,15)7-9-6-11-5-8-3-1-2-4-10(8)12-9/h1-6,12H,7H2,(H,13,14,15). The molecule has 6 heteroatoms. The molecule has 2 rings (SSSR count). The number of fused-ring (bicyclic) bond motifs is 1. The highest BCUT2D eigenvalue weighted by Crippen LogP contribution is 2.18. The molecule has 0 amide bonds. The molecular formula is C10H10N2O3S. The van der Waals surface area contributed by atoms with Crippen LogP contribution in [-0.4, -0.2) is 24.9 Å². The Balaban J connectivity index is 2.30. The number of nitrogens with one attached hydrogen (secondary N) is 1. The summed E-state index contributed by atoms with van der Waals surface area (Å²) in [6.45, 7) is 0. The van der Waals surface area contributed by atoms with Crippen molar-refractivity contribution in [1.29, 1.82) is 0 Å². The molecule has 1 aliphatic rings. The van der Waals surface area contributed by atoms with Crippen molar-refractivity contribution in [1.82, 2.24) is 0 Å². The van der Waals surface area contributed by atoms with Crippen LogP contribution in [0.4, 0.5) is 5.69 Å². The third-order valence-corrected chi connectivity index (χ3v) is 2.71. The molecule has 5 nitrogen and oxygen atoms in total. The molecule has 0 unspecified atom stereocenters. The molecule has 1 aromatic rings. The van der Waals surface area contributed by atoms with Gasteiger partial charge in [-0.2, -0.15) is 8.42 Å². The van der Waals surface area contributed by atoms with Gasteiger partial charge in [-0.05, 0) is 6.07 Å². The Kier molecular flexibility index (Phi) is 2.76. The first kappa shape index (κ1) is 10.8. The quantitative estimate of drug-likeness (QED) is 0.760. The number of aliphatic imine (C=N–C) groups is 1. The Labute approximate surface area is 93.3 Å². The summed E-state index contributed by atoms with van der Waals surface area (Å²) in [6, 6.07) is 7.36. The number of anilines is 1. The fourth-order valence-electron chi connectivity index (χ4n) is 1.41. The first-order valence-corrected chi connectivity index (χ1v) is 6.19. The zero-order valence-electron chi connectivity index (χ0n) is 8.29. The van der Waals surface area contributed by atoms with Crippen LogP contribution < -0.4 is 5.32 Å². The summed E-state index contributed by atoms with van der Waals surface area (Å²) in [7, 11) is -4.05. The third kappa shape index (κ3) is 2.68. The molecule has 16 heavy (non-hydrogen) atoms. The summed E-state index contributed by atoms with van der Waals surface area (Å²) in [6.07, 6.45) is 3.01. The van der Waals surface area contributed by atoms with Gasteiger partial charge >= 0.3 is 0 Å². The minimum absolute atomic E-state index is 0.337. The molecule has 0 saturated heterocycles. The predicted octanol–water partition coefficient (Wildman–Crippen LogP) is 1.26. The van der Waals surface area contributed by atoms with Gasteiger partial charge in [-0.15, -0.1) is 0 Å². The topological polar surface area (TPSA) is 78.8 Å². The minimum atomic E-state index is -4.05. The van der Waals surface area contributed by atoms with Gasteiger partial charge in [0, 0.05) is 23.7 Å². The van der Waals surface area contributed by atoms with Crippen LogP contribution in [0.3, 0.4) is 0 Å². The summed E-state index contributed by atoms with van der Waals surface area (Å²) in [5, 5.41) is 2.91.